The van der Waals surface area contributed by atoms with Gasteiger partial charge in [0.1, 0.15) is 29.1 Å². The average molecular weight is 443 g/mol. The molecule has 0 spiro atoms. The second-order valence-corrected chi connectivity index (χ2v) is 7.99. The molecule has 11 heteroatoms. The molecule has 1 aliphatic rings. The fourth-order valence-corrected chi connectivity index (χ4v) is 4.05. The number of hydrogen-bond acceptors (Lipinski definition) is 6. The van der Waals surface area contributed by atoms with Crippen molar-refractivity contribution >= 4 is 16.7 Å². The van der Waals surface area contributed by atoms with E-state index in [1.807, 2.05) is 35.9 Å². The Bertz CT molecular complexity index is 1290. The van der Waals surface area contributed by atoms with Crippen LogP contribution in [0, 0.1) is 0 Å². The zero-order valence-electron chi connectivity index (χ0n) is 17.4. The minimum absolute atomic E-state index is 0.0934. The first kappa shape index (κ1) is 20.4. The summed E-state index contributed by atoms with van der Waals surface area (Å²) in [5.74, 6) is 0.930. The first-order valence-electron chi connectivity index (χ1n) is 9.96. The van der Waals surface area contributed by atoms with Crippen molar-refractivity contribution in [3.05, 3.63) is 53.7 Å². The number of H-pyrrole nitrogens is 1. The molecule has 166 valence electrons. The molecular weight excluding hydrogens is 423 g/mol. The van der Waals surface area contributed by atoms with Crippen molar-refractivity contribution in [2.45, 2.75) is 18.0 Å². The number of halogens is 3. The van der Waals surface area contributed by atoms with Gasteiger partial charge in [-0.3, -0.25) is 5.10 Å². The third-order valence-corrected chi connectivity index (χ3v) is 5.89. The Morgan fingerprint density at radius 1 is 1.25 bits per heavy atom. The third-order valence-electron chi connectivity index (χ3n) is 5.89. The molecule has 5 rings (SSSR count). The van der Waals surface area contributed by atoms with Crippen LogP contribution in [0.3, 0.4) is 0 Å². The van der Waals surface area contributed by atoms with E-state index in [1.165, 1.54) is 7.05 Å². The normalized spacial score (nSPS) is 15.7. The number of nitrogens with one attached hydrogen (secondary N) is 2. The van der Waals surface area contributed by atoms with E-state index < -0.39 is 11.9 Å². The number of anilines is 1. The topological polar surface area (TPSA) is 93.5 Å². The van der Waals surface area contributed by atoms with Gasteiger partial charge in [0.25, 0.3) is 0 Å². The van der Waals surface area contributed by atoms with Crippen molar-refractivity contribution in [1.82, 2.24) is 29.9 Å². The number of fused-ring (bicyclic) bond motifs is 1. The zero-order valence-corrected chi connectivity index (χ0v) is 17.4. The zero-order chi connectivity index (χ0) is 22.5. The molecular formula is C21H20F3N7O. The monoisotopic (exact) mass is 443 g/mol. The number of rotatable bonds is 5. The van der Waals surface area contributed by atoms with Gasteiger partial charge in [0, 0.05) is 36.9 Å². The van der Waals surface area contributed by atoms with Crippen LogP contribution in [0.5, 0.6) is 0 Å². The Kier molecular flexibility index (Phi) is 4.66. The highest BCUT2D eigenvalue weighted by Crippen LogP contribution is 2.39. The molecule has 1 aliphatic heterocycles. The van der Waals surface area contributed by atoms with Crippen LogP contribution in [-0.4, -0.2) is 50.2 Å². The van der Waals surface area contributed by atoms with Gasteiger partial charge in [-0.25, -0.2) is 4.98 Å². The minimum Gasteiger partial charge on any atom is -0.379 e. The molecule has 3 aromatic heterocycles. The molecule has 2 N–H and O–H groups in total. The number of aryl methyl sites for hydroxylation is 1. The number of nitrogens with zero attached hydrogens (tertiary/aromatic N) is 5. The Balaban J connectivity index is 1.60. The van der Waals surface area contributed by atoms with Gasteiger partial charge in [0.05, 0.1) is 13.2 Å². The molecule has 0 aliphatic carbocycles. The fourth-order valence-electron chi connectivity index (χ4n) is 4.05. The number of ether oxygens (including phenoxy) is 1. The van der Waals surface area contributed by atoms with Gasteiger partial charge in [0.15, 0.2) is 5.82 Å². The highest BCUT2D eigenvalue weighted by Gasteiger charge is 2.42. The Labute approximate surface area is 180 Å². The van der Waals surface area contributed by atoms with E-state index in [9.17, 15) is 13.2 Å². The maximum atomic E-state index is 13.4. The molecule has 4 aromatic rings. The number of aromatic amines is 1. The van der Waals surface area contributed by atoms with E-state index in [1.54, 1.807) is 6.33 Å². The number of hydrogen-bond donors (Lipinski definition) is 2. The van der Waals surface area contributed by atoms with Crippen molar-refractivity contribution in [3.63, 3.8) is 0 Å². The summed E-state index contributed by atoms with van der Waals surface area (Å²) in [7, 11) is 3.41. The number of pyridine rings is 1. The van der Waals surface area contributed by atoms with Crippen LogP contribution in [0.4, 0.5) is 19.0 Å². The SMILES string of the molecule is CNc1nc(C(F)(F)F)cc2c(-c3cccc(C4(Cc5nncn5C)COC4)c3)n[nH]c12. The maximum absolute atomic E-state index is 13.4. The minimum atomic E-state index is -4.57. The summed E-state index contributed by atoms with van der Waals surface area (Å²) in [4.78, 5) is 3.69. The summed E-state index contributed by atoms with van der Waals surface area (Å²) in [6.07, 6.45) is -2.28. The van der Waals surface area contributed by atoms with Crippen molar-refractivity contribution in [3.8, 4) is 11.3 Å². The number of alkyl halides is 3. The van der Waals surface area contributed by atoms with E-state index in [2.05, 4.69) is 30.7 Å². The first-order valence-corrected chi connectivity index (χ1v) is 9.96. The summed E-state index contributed by atoms with van der Waals surface area (Å²) in [6, 6.07) is 8.71. The van der Waals surface area contributed by atoms with E-state index >= 15 is 0 Å². The Hall–Kier alpha value is -3.47. The molecule has 0 bridgehead atoms. The van der Waals surface area contributed by atoms with E-state index in [0.29, 0.717) is 41.8 Å². The van der Waals surface area contributed by atoms with Crippen LogP contribution in [-0.2, 0) is 29.8 Å². The van der Waals surface area contributed by atoms with Crippen molar-refractivity contribution in [2.24, 2.45) is 7.05 Å². The molecule has 32 heavy (non-hydrogen) atoms. The second kappa shape index (κ2) is 7.30. The van der Waals surface area contributed by atoms with Gasteiger partial charge in [0.2, 0.25) is 0 Å². The second-order valence-electron chi connectivity index (χ2n) is 7.99. The Morgan fingerprint density at radius 2 is 2.06 bits per heavy atom. The molecule has 8 nitrogen and oxygen atoms in total. The third kappa shape index (κ3) is 3.29. The van der Waals surface area contributed by atoms with Crippen LogP contribution in [0.25, 0.3) is 22.2 Å². The van der Waals surface area contributed by atoms with Gasteiger partial charge in [-0.2, -0.15) is 18.3 Å². The van der Waals surface area contributed by atoms with Gasteiger partial charge in [-0.05, 0) is 17.7 Å². The molecule has 0 radical (unpaired) electrons. The maximum Gasteiger partial charge on any atom is 0.433 e. The van der Waals surface area contributed by atoms with Crippen LogP contribution < -0.4 is 5.32 Å². The summed E-state index contributed by atoms with van der Waals surface area (Å²) in [6.45, 7) is 1.05. The highest BCUT2D eigenvalue weighted by atomic mass is 19.4. The van der Waals surface area contributed by atoms with Crippen LogP contribution >= 0.6 is 0 Å². The molecule has 4 heterocycles. The first-order chi connectivity index (χ1) is 15.3. The smallest absolute Gasteiger partial charge is 0.379 e. The molecule has 0 unspecified atom stereocenters. The summed E-state index contributed by atoms with van der Waals surface area (Å²) in [5, 5.41) is 18.4. The van der Waals surface area contributed by atoms with Crippen molar-refractivity contribution < 1.29 is 17.9 Å². The largest absolute Gasteiger partial charge is 0.433 e. The summed E-state index contributed by atoms with van der Waals surface area (Å²) in [5.41, 5.74) is 1.32. The Morgan fingerprint density at radius 3 is 2.69 bits per heavy atom. The fraction of sp³-hybridized carbons (Fsp3) is 0.333. The summed E-state index contributed by atoms with van der Waals surface area (Å²) >= 11 is 0. The van der Waals surface area contributed by atoms with Gasteiger partial charge >= 0.3 is 6.18 Å². The molecule has 0 atom stereocenters. The van der Waals surface area contributed by atoms with Crippen molar-refractivity contribution in [1.29, 1.82) is 0 Å². The van der Waals surface area contributed by atoms with Crippen LogP contribution in [0.15, 0.2) is 36.7 Å². The molecule has 1 fully saturated rings. The standard InChI is InChI=1S/C21H20F3N7O/c1-25-19-18-14(7-15(27-19)21(22,23)24)17(29-30-18)12-4-3-5-13(6-12)20(9-32-10-20)8-16-28-26-11-31(16)2/h3-7,11H,8-10H2,1-2H3,(H,25,27)(H,29,30). The van der Waals surface area contributed by atoms with Crippen molar-refractivity contribution in [2.75, 3.05) is 25.6 Å². The number of aromatic nitrogens is 6. The predicted molar refractivity (Wildman–Crippen MR) is 111 cm³/mol. The molecule has 1 saturated heterocycles. The summed E-state index contributed by atoms with van der Waals surface area (Å²) < 4.78 is 47.7. The van der Waals surface area contributed by atoms with Crippen LogP contribution in [0.2, 0.25) is 0 Å². The lowest BCUT2D eigenvalue weighted by Gasteiger charge is -2.41. The van der Waals surface area contributed by atoms with Gasteiger partial charge in [-0.1, -0.05) is 18.2 Å². The molecule has 1 aromatic carbocycles. The van der Waals surface area contributed by atoms with Crippen LogP contribution in [0.1, 0.15) is 17.1 Å². The lowest BCUT2D eigenvalue weighted by atomic mass is 9.75. The molecule has 0 saturated carbocycles. The predicted octanol–water partition coefficient (Wildman–Crippen LogP) is 3.32. The lowest BCUT2D eigenvalue weighted by Crippen LogP contribution is -2.49. The lowest BCUT2D eigenvalue weighted by molar-refractivity contribution is -0.140. The van der Waals surface area contributed by atoms with E-state index in [4.69, 9.17) is 4.74 Å². The van der Waals surface area contributed by atoms with E-state index in [0.717, 1.165) is 17.5 Å². The van der Waals surface area contributed by atoms with Gasteiger partial charge in [-0.15, -0.1) is 10.2 Å². The number of benzene rings is 1. The average Bonchev–Trinajstić information content (AvgIpc) is 3.35. The van der Waals surface area contributed by atoms with E-state index in [-0.39, 0.29) is 11.2 Å². The molecule has 0 amide bonds. The quantitative estimate of drug-likeness (QED) is 0.492. The highest BCUT2D eigenvalue weighted by molar-refractivity contribution is 5.98. The van der Waals surface area contributed by atoms with Gasteiger partial charge < -0.3 is 14.6 Å².